The lowest BCUT2D eigenvalue weighted by molar-refractivity contribution is 0.0652. The molecule has 1 fully saturated rings. The van der Waals surface area contributed by atoms with Crippen LogP contribution in [0.5, 0.6) is 0 Å². The SMILES string of the molecule is Cc1ccsc1C(=O)N1CCCC(C)(c2ccn[nH]2)C1. The maximum Gasteiger partial charge on any atom is 0.264 e. The average Bonchev–Trinajstić information content (AvgIpc) is 3.09. The fourth-order valence-corrected chi connectivity index (χ4v) is 3.85. The van der Waals surface area contributed by atoms with Crippen LogP contribution in [0.2, 0.25) is 0 Å². The summed E-state index contributed by atoms with van der Waals surface area (Å²) in [7, 11) is 0. The van der Waals surface area contributed by atoms with Crippen LogP contribution < -0.4 is 0 Å². The monoisotopic (exact) mass is 289 g/mol. The van der Waals surface area contributed by atoms with E-state index in [1.165, 1.54) is 11.3 Å². The summed E-state index contributed by atoms with van der Waals surface area (Å²) in [6, 6.07) is 4.03. The highest BCUT2D eigenvalue weighted by atomic mass is 32.1. The van der Waals surface area contributed by atoms with E-state index in [2.05, 4.69) is 17.1 Å². The molecule has 0 bridgehead atoms. The van der Waals surface area contributed by atoms with Crippen LogP contribution in [0.25, 0.3) is 0 Å². The quantitative estimate of drug-likeness (QED) is 0.924. The maximum absolute atomic E-state index is 12.6. The van der Waals surface area contributed by atoms with Gasteiger partial charge in [-0.25, -0.2) is 0 Å². The molecule has 2 aromatic rings. The zero-order valence-electron chi connectivity index (χ0n) is 11.8. The largest absolute Gasteiger partial charge is 0.337 e. The number of hydrogen-bond donors (Lipinski definition) is 1. The molecule has 0 radical (unpaired) electrons. The number of aryl methyl sites for hydroxylation is 1. The second kappa shape index (κ2) is 5.05. The predicted octanol–water partition coefficient (Wildman–Crippen LogP) is 2.97. The lowest BCUT2D eigenvalue weighted by Gasteiger charge is -2.39. The van der Waals surface area contributed by atoms with Crippen LogP contribution in [0, 0.1) is 6.92 Å². The summed E-state index contributed by atoms with van der Waals surface area (Å²) in [5.41, 5.74) is 2.18. The van der Waals surface area contributed by atoms with Crippen molar-refractivity contribution in [1.29, 1.82) is 0 Å². The minimum Gasteiger partial charge on any atom is -0.337 e. The van der Waals surface area contributed by atoms with Crippen molar-refractivity contribution in [3.05, 3.63) is 39.8 Å². The molecule has 3 rings (SSSR count). The number of carbonyl (C=O) groups excluding carboxylic acids is 1. The Balaban J connectivity index is 1.82. The summed E-state index contributed by atoms with van der Waals surface area (Å²) in [5, 5.41) is 9.10. The van der Waals surface area contributed by atoms with Gasteiger partial charge in [0.25, 0.3) is 5.91 Å². The molecule has 1 atom stereocenters. The smallest absolute Gasteiger partial charge is 0.264 e. The van der Waals surface area contributed by atoms with E-state index in [-0.39, 0.29) is 11.3 Å². The Hall–Kier alpha value is -1.62. The summed E-state index contributed by atoms with van der Waals surface area (Å²) in [6.07, 6.45) is 3.90. The van der Waals surface area contributed by atoms with Crippen molar-refractivity contribution in [2.24, 2.45) is 0 Å². The van der Waals surface area contributed by atoms with E-state index in [4.69, 9.17) is 0 Å². The van der Waals surface area contributed by atoms with Gasteiger partial charge >= 0.3 is 0 Å². The molecule has 0 aromatic carbocycles. The number of piperidine rings is 1. The summed E-state index contributed by atoms with van der Waals surface area (Å²) >= 11 is 1.54. The van der Waals surface area contributed by atoms with Gasteiger partial charge in [-0.3, -0.25) is 9.89 Å². The van der Waals surface area contributed by atoms with Crippen molar-refractivity contribution in [2.45, 2.75) is 32.1 Å². The number of aromatic nitrogens is 2. The molecule has 20 heavy (non-hydrogen) atoms. The first-order valence-electron chi connectivity index (χ1n) is 6.93. The second-order valence-electron chi connectivity index (χ2n) is 5.79. The van der Waals surface area contributed by atoms with Crippen LogP contribution in [0.4, 0.5) is 0 Å². The standard InChI is InChI=1S/C15H19N3OS/c1-11-5-9-20-13(11)14(19)18-8-3-6-15(2,10-18)12-4-7-16-17-12/h4-5,7,9H,3,6,8,10H2,1-2H3,(H,16,17). The molecule has 0 spiro atoms. The van der Waals surface area contributed by atoms with Crippen LogP contribution in [0.3, 0.4) is 0 Å². The number of nitrogens with zero attached hydrogens (tertiary/aromatic N) is 2. The van der Waals surface area contributed by atoms with Gasteiger partial charge in [0.05, 0.1) is 4.88 Å². The second-order valence-corrected chi connectivity index (χ2v) is 6.71. The normalized spacial score (nSPS) is 23.0. The van der Waals surface area contributed by atoms with Crippen LogP contribution in [0.15, 0.2) is 23.7 Å². The van der Waals surface area contributed by atoms with E-state index < -0.39 is 0 Å². The third-order valence-corrected chi connectivity index (χ3v) is 5.20. The summed E-state index contributed by atoms with van der Waals surface area (Å²) < 4.78 is 0. The Kier molecular flexibility index (Phi) is 3.38. The van der Waals surface area contributed by atoms with Gasteiger partial charge < -0.3 is 4.90 Å². The number of hydrogen-bond acceptors (Lipinski definition) is 3. The van der Waals surface area contributed by atoms with E-state index in [0.717, 1.165) is 42.1 Å². The predicted molar refractivity (Wildman–Crippen MR) is 80.1 cm³/mol. The van der Waals surface area contributed by atoms with Gasteiger partial charge in [0, 0.05) is 30.4 Å². The first-order chi connectivity index (χ1) is 9.60. The van der Waals surface area contributed by atoms with Crippen molar-refractivity contribution in [3.8, 4) is 0 Å². The molecule has 1 aliphatic rings. The fourth-order valence-electron chi connectivity index (χ4n) is 2.96. The van der Waals surface area contributed by atoms with Gasteiger partial charge in [-0.05, 0) is 42.8 Å². The number of aromatic amines is 1. The van der Waals surface area contributed by atoms with Crippen LogP contribution in [-0.2, 0) is 5.41 Å². The Morgan fingerprint density at radius 2 is 2.35 bits per heavy atom. The Morgan fingerprint density at radius 3 is 3.00 bits per heavy atom. The third kappa shape index (κ3) is 2.26. The van der Waals surface area contributed by atoms with Crippen LogP contribution in [0.1, 0.15) is 40.7 Å². The summed E-state index contributed by atoms with van der Waals surface area (Å²) in [5.74, 6) is 0.169. The molecule has 1 unspecified atom stereocenters. The summed E-state index contributed by atoms with van der Waals surface area (Å²) in [6.45, 7) is 5.81. The molecule has 2 aromatic heterocycles. The lowest BCUT2D eigenvalue weighted by Crippen LogP contribution is -2.47. The van der Waals surface area contributed by atoms with E-state index in [1.807, 2.05) is 29.3 Å². The minimum absolute atomic E-state index is 0.0183. The van der Waals surface area contributed by atoms with Crippen molar-refractivity contribution in [2.75, 3.05) is 13.1 Å². The number of rotatable bonds is 2. The molecule has 0 saturated carbocycles. The van der Waals surface area contributed by atoms with Gasteiger partial charge in [0.15, 0.2) is 0 Å². The van der Waals surface area contributed by atoms with Crippen LogP contribution >= 0.6 is 11.3 Å². The van der Waals surface area contributed by atoms with Gasteiger partial charge in [-0.2, -0.15) is 5.10 Å². The molecule has 0 aliphatic carbocycles. The van der Waals surface area contributed by atoms with E-state index in [0.29, 0.717) is 0 Å². The van der Waals surface area contributed by atoms with Crippen molar-refractivity contribution < 1.29 is 4.79 Å². The van der Waals surface area contributed by atoms with Gasteiger partial charge in [0.2, 0.25) is 0 Å². The first kappa shape index (κ1) is 13.4. The minimum atomic E-state index is -0.0183. The molecule has 1 amide bonds. The molecule has 1 aliphatic heterocycles. The van der Waals surface area contributed by atoms with Gasteiger partial charge in [-0.1, -0.05) is 6.92 Å². The molecule has 1 N–H and O–H groups in total. The highest BCUT2D eigenvalue weighted by Crippen LogP contribution is 2.33. The van der Waals surface area contributed by atoms with E-state index in [9.17, 15) is 4.79 Å². The highest BCUT2D eigenvalue weighted by Gasteiger charge is 2.36. The zero-order valence-corrected chi connectivity index (χ0v) is 12.7. The molecule has 106 valence electrons. The Labute approximate surface area is 122 Å². The van der Waals surface area contributed by atoms with E-state index >= 15 is 0 Å². The van der Waals surface area contributed by atoms with E-state index in [1.54, 1.807) is 6.20 Å². The van der Waals surface area contributed by atoms with Crippen molar-refractivity contribution in [3.63, 3.8) is 0 Å². The number of thiophene rings is 1. The number of carbonyl (C=O) groups is 1. The van der Waals surface area contributed by atoms with Gasteiger partial charge in [-0.15, -0.1) is 11.3 Å². The average molecular weight is 289 g/mol. The molecule has 5 heteroatoms. The Bertz CT molecular complexity index is 604. The maximum atomic E-state index is 12.6. The van der Waals surface area contributed by atoms with Crippen molar-refractivity contribution >= 4 is 17.2 Å². The molecular weight excluding hydrogens is 270 g/mol. The van der Waals surface area contributed by atoms with Crippen molar-refractivity contribution in [1.82, 2.24) is 15.1 Å². The number of H-pyrrole nitrogens is 1. The summed E-state index contributed by atoms with van der Waals surface area (Å²) in [4.78, 5) is 15.5. The third-order valence-electron chi connectivity index (χ3n) is 4.19. The lowest BCUT2D eigenvalue weighted by atomic mass is 9.79. The number of amides is 1. The Morgan fingerprint density at radius 1 is 1.50 bits per heavy atom. The molecule has 3 heterocycles. The fraction of sp³-hybridized carbons (Fsp3) is 0.467. The highest BCUT2D eigenvalue weighted by molar-refractivity contribution is 7.12. The molecule has 1 saturated heterocycles. The first-order valence-corrected chi connectivity index (χ1v) is 7.81. The molecular formula is C15H19N3OS. The zero-order chi connectivity index (χ0) is 14.2. The number of nitrogens with one attached hydrogen (secondary N) is 1. The topological polar surface area (TPSA) is 49.0 Å². The van der Waals surface area contributed by atoms with Gasteiger partial charge in [0.1, 0.15) is 0 Å². The van der Waals surface area contributed by atoms with Crippen LogP contribution in [-0.4, -0.2) is 34.1 Å². The molecule has 4 nitrogen and oxygen atoms in total. The number of likely N-dealkylation sites (tertiary alicyclic amines) is 1.